The van der Waals surface area contributed by atoms with Gasteiger partial charge < -0.3 is 21.9 Å². The third-order valence-electron chi connectivity index (χ3n) is 1.49. The third-order valence-corrected chi connectivity index (χ3v) is 1.49. The number of amides is 2. The summed E-state index contributed by atoms with van der Waals surface area (Å²) < 4.78 is 0. The number of nitrogens with two attached hydrogens (primary N) is 2. The van der Waals surface area contributed by atoms with Crippen molar-refractivity contribution in [2.24, 2.45) is 11.5 Å². The van der Waals surface area contributed by atoms with Gasteiger partial charge in [0.15, 0.2) is 0 Å². The van der Waals surface area contributed by atoms with Gasteiger partial charge in [-0.2, -0.15) is 0 Å². The van der Waals surface area contributed by atoms with Crippen LogP contribution in [0.25, 0.3) is 0 Å². The molecule has 0 fully saturated rings. The predicted octanol–water partition coefficient (Wildman–Crippen LogP) is -1.80. The summed E-state index contributed by atoms with van der Waals surface area (Å²) in [5.41, 5.74) is 10.1. The number of nitrogens with one attached hydrogen (secondary N) is 1. The lowest BCUT2D eigenvalue weighted by molar-refractivity contribution is -0.141. The van der Waals surface area contributed by atoms with Gasteiger partial charge in [0.2, 0.25) is 11.8 Å². The zero-order valence-corrected chi connectivity index (χ0v) is 8.91. The molecule has 0 aromatic heterocycles. The van der Waals surface area contributed by atoms with Crippen LogP contribution in [0.15, 0.2) is 0 Å². The second-order valence-electron chi connectivity index (χ2n) is 2.85. The molecule has 8 heteroatoms. The zero-order valence-electron chi connectivity index (χ0n) is 8.10. The molecule has 2 amide bonds. The van der Waals surface area contributed by atoms with Crippen LogP contribution in [0.3, 0.4) is 0 Å². The van der Waals surface area contributed by atoms with Gasteiger partial charge in [-0.25, -0.2) is 0 Å². The van der Waals surface area contributed by atoms with E-state index in [0.29, 0.717) is 0 Å². The van der Waals surface area contributed by atoms with E-state index in [1.165, 1.54) is 6.92 Å². The Morgan fingerprint density at radius 1 is 1.40 bits per heavy atom. The van der Waals surface area contributed by atoms with Crippen molar-refractivity contribution in [3.63, 3.8) is 0 Å². The molecule has 2 atom stereocenters. The Balaban J connectivity index is 0. The summed E-state index contributed by atoms with van der Waals surface area (Å²) in [6, 6.07) is -2.14. The molecule has 0 aromatic carbocycles. The second kappa shape index (κ2) is 7.02. The van der Waals surface area contributed by atoms with Gasteiger partial charge in [0.25, 0.3) is 0 Å². The summed E-state index contributed by atoms with van der Waals surface area (Å²) in [7, 11) is 0. The van der Waals surface area contributed by atoms with Crippen LogP contribution in [-0.4, -0.2) is 35.0 Å². The van der Waals surface area contributed by atoms with Crippen molar-refractivity contribution in [2.75, 3.05) is 0 Å². The highest BCUT2D eigenvalue weighted by Crippen LogP contribution is 1.89. The number of hydrogen-bond donors (Lipinski definition) is 4. The Kier molecular flexibility index (Phi) is 7.53. The molecule has 0 radical (unpaired) electrons. The molecule has 7 nitrogen and oxygen atoms in total. The number of carbonyl (C=O) groups excluding carboxylic acids is 2. The maximum absolute atomic E-state index is 11.1. The van der Waals surface area contributed by atoms with Gasteiger partial charge in [-0.15, -0.1) is 12.4 Å². The van der Waals surface area contributed by atoms with E-state index < -0.39 is 29.9 Å². The maximum Gasteiger partial charge on any atom is 0.325 e. The lowest BCUT2D eigenvalue weighted by Crippen LogP contribution is -2.48. The molecule has 0 rings (SSSR count). The van der Waals surface area contributed by atoms with Gasteiger partial charge in [-0.3, -0.25) is 14.4 Å². The monoisotopic (exact) mass is 239 g/mol. The van der Waals surface area contributed by atoms with E-state index in [1.54, 1.807) is 0 Å². The average molecular weight is 240 g/mol. The normalized spacial score (nSPS) is 13.2. The fraction of sp³-hybridized carbons (Fsp3) is 0.571. The van der Waals surface area contributed by atoms with Gasteiger partial charge in [-0.1, -0.05) is 0 Å². The van der Waals surface area contributed by atoms with Crippen molar-refractivity contribution in [3.8, 4) is 0 Å². The Hall–Kier alpha value is -1.34. The summed E-state index contributed by atoms with van der Waals surface area (Å²) in [6.07, 6.45) is -0.307. The molecule has 0 aliphatic carbocycles. The van der Waals surface area contributed by atoms with E-state index in [1.807, 2.05) is 0 Å². The lowest BCUT2D eigenvalue weighted by Gasteiger charge is -2.13. The van der Waals surface area contributed by atoms with Crippen LogP contribution in [0.4, 0.5) is 0 Å². The van der Waals surface area contributed by atoms with Crippen molar-refractivity contribution >= 4 is 30.2 Å². The summed E-state index contributed by atoms with van der Waals surface area (Å²) in [5.74, 6) is -2.60. The van der Waals surface area contributed by atoms with E-state index in [4.69, 9.17) is 16.6 Å². The standard InChI is InChI=1S/C7H13N3O4.ClH/c1-3(7(13)14)10-6(12)4(8)2-5(9)11;/h3-4H,2,8H2,1H3,(H2,9,11)(H,10,12)(H,13,14);1H/t3-,4-;/m0./s1. The van der Waals surface area contributed by atoms with Crippen LogP contribution in [0, 0.1) is 0 Å². The molecule has 0 aliphatic heterocycles. The molecule has 0 saturated heterocycles. The third kappa shape index (κ3) is 6.69. The summed E-state index contributed by atoms with van der Waals surface area (Å²) in [4.78, 5) is 31.8. The topological polar surface area (TPSA) is 136 Å². The van der Waals surface area contributed by atoms with Gasteiger partial charge in [0.1, 0.15) is 6.04 Å². The van der Waals surface area contributed by atoms with Gasteiger partial charge in [0, 0.05) is 0 Å². The number of halogens is 1. The molecule has 0 aromatic rings. The summed E-state index contributed by atoms with van der Waals surface area (Å²) in [6.45, 7) is 1.29. The number of carboxylic acids is 1. The van der Waals surface area contributed by atoms with E-state index >= 15 is 0 Å². The van der Waals surface area contributed by atoms with Gasteiger partial charge in [0.05, 0.1) is 12.5 Å². The van der Waals surface area contributed by atoms with E-state index in [0.717, 1.165) is 0 Å². The van der Waals surface area contributed by atoms with E-state index in [9.17, 15) is 14.4 Å². The highest BCUT2D eigenvalue weighted by molar-refractivity contribution is 5.90. The Labute approximate surface area is 92.6 Å². The van der Waals surface area contributed by atoms with Crippen molar-refractivity contribution in [1.29, 1.82) is 0 Å². The minimum Gasteiger partial charge on any atom is -0.480 e. The molecule has 0 bridgehead atoms. The lowest BCUT2D eigenvalue weighted by atomic mass is 10.2. The first kappa shape index (κ1) is 16.1. The SMILES string of the molecule is C[C@H](NC(=O)[C@@H](N)CC(N)=O)C(=O)O.Cl. The minimum absolute atomic E-state index is 0. The first-order valence-electron chi connectivity index (χ1n) is 3.91. The molecule has 0 saturated carbocycles. The van der Waals surface area contributed by atoms with Gasteiger partial charge >= 0.3 is 5.97 Å². The number of carboxylic acid groups (broad SMARTS) is 1. The van der Waals surface area contributed by atoms with Crippen molar-refractivity contribution in [2.45, 2.75) is 25.4 Å². The summed E-state index contributed by atoms with van der Waals surface area (Å²) >= 11 is 0. The number of hydrogen-bond acceptors (Lipinski definition) is 4. The molecule has 15 heavy (non-hydrogen) atoms. The smallest absolute Gasteiger partial charge is 0.325 e. The van der Waals surface area contributed by atoms with Crippen molar-refractivity contribution in [1.82, 2.24) is 5.32 Å². The van der Waals surface area contributed by atoms with E-state index in [-0.39, 0.29) is 18.8 Å². The molecule has 0 aliphatic rings. The molecule has 0 heterocycles. The largest absolute Gasteiger partial charge is 0.480 e. The van der Waals surface area contributed by atoms with Crippen LogP contribution < -0.4 is 16.8 Å². The summed E-state index contributed by atoms with van der Waals surface area (Å²) in [5, 5.41) is 10.6. The fourth-order valence-corrected chi connectivity index (χ4v) is 0.692. The van der Waals surface area contributed by atoms with Crippen LogP contribution in [0.2, 0.25) is 0 Å². The van der Waals surface area contributed by atoms with Crippen LogP contribution in [0.5, 0.6) is 0 Å². The van der Waals surface area contributed by atoms with Crippen LogP contribution in [0.1, 0.15) is 13.3 Å². The number of aliphatic carboxylic acids is 1. The van der Waals surface area contributed by atoms with Crippen LogP contribution in [-0.2, 0) is 14.4 Å². The first-order valence-corrected chi connectivity index (χ1v) is 3.91. The molecule has 6 N–H and O–H groups in total. The number of rotatable bonds is 5. The fourth-order valence-electron chi connectivity index (χ4n) is 0.692. The van der Waals surface area contributed by atoms with Crippen LogP contribution >= 0.6 is 12.4 Å². The van der Waals surface area contributed by atoms with Crippen molar-refractivity contribution < 1.29 is 19.5 Å². The molecular formula is C7H14ClN3O4. The Morgan fingerprint density at radius 2 is 1.87 bits per heavy atom. The minimum atomic E-state index is -1.18. The first-order chi connectivity index (χ1) is 6.34. The maximum atomic E-state index is 11.1. The molecule has 88 valence electrons. The second-order valence-corrected chi connectivity index (χ2v) is 2.85. The Morgan fingerprint density at radius 3 is 2.20 bits per heavy atom. The number of primary amides is 1. The highest BCUT2D eigenvalue weighted by atomic mass is 35.5. The quantitative estimate of drug-likeness (QED) is 0.449. The predicted molar refractivity (Wildman–Crippen MR) is 54.3 cm³/mol. The molecular weight excluding hydrogens is 226 g/mol. The Bertz CT molecular complexity index is 259. The number of carbonyl (C=O) groups is 3. The molecule has 0 unspecified atom stereocenters. The van der Waals surface area contributed by atoms with E-state index in [2.05, 4.69) is 5.32 Å². The highest BCUT2D eigenvalue weighted by Gasteiger charge is 2.20. The molecule has 0 spiro atoms. The zero-order chi connectivity index (χ0) is 11.3. The van der Waals surface area contributed by atoms with Crippen molar-refractivity contribution in [3.05, 3.63) is 0 Å². The average Bonchev–Trinajstić information content (AvgIpc) is 2.02. The van der Waals surface area contributed by atoms with Gasteiger partial charge in [-0.05, 0) is 6.92 Å².